The lowest BCUT2D eigenvalue weighted by Gasteiger charge is -2.11. The minimum atomic E-state index is -0.391. The van der Waals surface area contributed by atoms with Gasteiger partial charge in [-0.05, 0) is 35.9 Å². The van der Waals surface area contributed by atoms with E-state index in [1.165, 1.54) is 18.2 Å². The summed E-state index contributed by atoms with van der Waals surface area (Å²) in [5, 5.41) is 0.248. The molecule has 2 aromatic carbocycles. The quantitative estimate of drug-likeness (QED) is 0.918. The van der Waals surface area contributed by atoms with E-state index in [2.05, 4.69) is 0 Å². The fourth-order valence-corrected chi connectivity index (χ4v) is 2.06. The summed E-state index contributed by atoms with van der Waals surface area (Å²) < 4.78 is 23.7. The molecule has 0 saturated heterocycles. The number of nitrogens with two attached hydrogens (primary N) is 1. The molecule has 0 spiro atoms. The van der Waals surface area contributed by atoms with E-state index in [0.29, 0.717) is 18.9 Å². The van der Waals surface area contributed by atoms with Gasteiger partial charge < -0.3 is 15.2 Å². The summed E-state index contributed by atoms with van der Waals surface area (Å²) in [6.45, 7) is 0.705. The summed E-state index contributed by atoms with van der Waals surface area (Å²) in [6.07, 6.45) is 0. The second-order valence-electron chi connectivity index (χ2n) is 4.21. The Morgan fingerprint density at radius 3 is 2.55 bits per heavy atom. The molecule has 5 heteroatoms. The highest BCUT2D eigenvalue weighted by Crippen LogP contribution is 2.26. The van der Waals surface area contributed by atoms with Crippen LogP contribution in [0.1, 0.15) is 11.1 Å². The van der Waals surface area contributed by atoms with Crippen molar-refractivity contribution in [3.8, 4) is 11.5 Å². The third-order valence-electron chi connectivity index (χ3n) is 2.85. The van der Waals surface area contributed by atoms with Crippen LogP contribution in [0.15, 0.2) is 36.4 Å². The maximum Gasteiger partial charge on any atom is 0.138 e. The molecule has 106 valence electrons. The van der Waals surface area contributed by atoms with E-state index in [1.54, 1.807) is 7.11 Å². The lowest BCUT2D eigenvalue weighted by Crippen LogP contribution is -2.03. The molecule has 0 aliphatic heterocycles. The Kier molecular flexibility index (Phi) is 4.82. The Bertz CT molecular complexity index is 604. The van der Waals surface area contributed by atoms with Gasteiger partial charge in [0.05, 0.1) is 12.1 Å². The molecular formula is C15H15ClFNO2. The lowest BCUT2D eigenvalue weighted by atomic mass is 10.1. The van der Waals surface area contributed by atoms with Gasteiger partial charge >= 0.3 is 0 Å². The third kappa shape index (κ3) is 3.40. The summed E-state index contributed by atoms with van der Waals surface area (Å²) in [7, 11) is 1.60. The number of ether oxygens (including phenoxy) is 2. The van der Waals surface area contributed by atoms with Crippen LogP contribution in [0.5, 0.6) is 11.5 Å². The van der Waals surface area contributed by atoms with Crippen LogP contribution < -0.4 is 15.2 Å². The van der Waals surface area contributed by atoms with E-state index in [9.17, 15) is 4.39 Å². The average Bonchev–Trinajstić information content (AvgIpc) is 2.46. The molecule has 0 aromatic heterocycles. The topological polar surface area (TPSA) is 44.5 Å². The van der Waals surface area contributed by atoms with E-state index in [-0.39, 0.29) is 5.02 Å². The van der Waals surface area contributed by atoms with Crippen molar-refractivity contribution in [3.05, 3.63) is 58.4 Å². The first-order chi connectivity index (χ1) is 9.63. The van der Waals surface area contributed by atoms with E-state index >= 15 is 0 Å². The molecule has 0 heterocycles. The van der Waals surface area contributed by atoms with Gasteiger partial charge in [0.15, 0.2) is 0 Å². The Balaban J connectivity index is 2.10. The smallest absolute Gasteiger partial charge is 0.138 e. The van der Waals surface area contributed by atoms with Crippen molar-refractivity contribution in [1.82, 2.24) is 0 Å². The van der Waals surface area contributed by atoms with Gasteiger partial charge in [-0.1, -0.05) is 17.7 Å². The fourth-order valence-electron chi connectivity index (χ4n) is 1.83. The average molecular weight is 296 g/mol. The summed E-state index contributed by atoms with van der Waals surface area (Å²) in [6, 6.07) is 9.67. The number of hydrogen-bond donors (Lipinski definition) is 1. The Morgan fingerprint density at radius 2 is 1.90 bits per heavy atom. The second-order valence-corrected chi connectivity index (χ2v) is 4.62. The predicted molar refractivity (Wildman–Crippen MR) is 76.6 cm³/mol. The molecule has 0 bridgehead atoms. The molecule has 2 aromatic rings. The SMILES string of the molecule is COc1ccc(COc2ccc(F)cc2Cl)cc1CN. The molecule has 3 nitrogen and oxygen atoms in total. The Morgan fingerprint density at radius 1 is 1.15 bits per heavy atom. The highest BCUT2D eigenvalue weighted by Gasteiger charge is 2.06. The number of rotatable bonds is 5. The van der Waals surface area contributed by atoms with Gasteiger partial charge in [0.2, 0.25) is 0 Å². The van der Waals surface area contributed by atoms with Crippen molar-refractivity contribution >= 4 is 11.6 Å². The first-order valence-corrected chi connectivity index (χ1v) is 6.45. The van der Waals surface area contributed by atoms with Crippen molar-refractivity contribution in [2.45, 2.75) is 13.2 Å². The van der Waals surface area contributed by atoms with Gasteiger partial charge in [-0.2, -0.15) is 0 Å². The van der Waals surface area contributed by atoms with Gasteiger partial charge in [-0.25, -0.2) is 4.39 Å². The van der Waals surface area contributed by atoms with Gasteiger partial charge in [0.25, 0.3) is 0 Å². The zero-order chi connectivity index (χ0) is 14.5. The standard InChI is InChI=1S/C15H15ClFNO2/c1-19-14-4-2-10(6-11(14)8-18)9-20-15-5-3-12(17)7-13(15)16/h2-7H,8-9,18H2,1H3. The van der Waals surface area contributed by atoms with Crippen molar-refractivity contribution in [2.24, 2.45) is 5.73 Å². The van der Waals surface area contributed by atoms with Crippen molar-refractivity contribution < 1.29 is 13.9 Å². The highest BCUT2D eigenvalue weighted by atomic mass is 35.5. The fraction of sp³-hybridized carbons (Fsp3) is 0.200. The van der Waals surface area contributed by atoms with Gasteiger partial charge in [0, 0.05) is 12.1 Å². The van der Waals surface area contributed by atoms with Gasteiger partial charge in [-0.15, -0.1) is 0 Å². The van der Waals surface area contributed by atoms with E-state index in [4.69, 9.17) is 26.8 Å². The molecule has 2 N–H and O–H groups in total. The normalized spacial score (nSPS) is 10.4. The Labute approximate surface area is 122 Å². The van der Waals surface area contributed by atoms with Crippen molar-refractivity contribution in [1.29, 1.82) is 0 Å². The maximum atomic E-state index is 12.9. The van der Waals surface area contributed by atoms with Crippen LogP contribution in [0, 0.1) is 5.82 Å². The number of halogens is 2. The molecule has 2 rings (SSSR count). The van der Waals surface area contributed by atoms with Crippen LogP contribution in [0.25, 0.3) is 0 Å². The van der Waals surface area contributed by atoms with E-state index in [0.717, 1.165) is 16.9 Å². The molecule has 0 aliphatic carbocycles. The van der Waals surface area contributed by atoms with Crippen LogP contribution in [-0.4, -0.2) is 7.11 Å². The first kappa shape index (κ1) is 14.6. The van der Waals surface area contributed by atoms with Crippen LogP contribution >= 0.6 is 11.6 Å². The minimum absolute atomic E-state index is 0.248. The third-order valence-corrected chi connectivity index (χ3v) is 3.15. The summed E-state index contributed by atoms with van der Waals surface area (Å²) in [5.74, 6) is 0.798. The molecule has 0 aliphatic rings. The molecule has 0 unspecified atom stereocenters. The summed E-state index contributed by atoms with van der Waals surface area (Å²) >= 11 is 5.90. The molecule has 0 atom stereocenters. The predicted octanol–water partition coefficient (Wildman–Crippen LogP) is 3.53. The number of methoxy groups -OCH3 is 1. The van der Waals surface area contributed by atoms with E-state index in [1.807, 2.05) is 18.2 Å². The molecule has 0 radical (unpaired) electrons. The zero-order valence-electron chi connectivity index (χ0n) is 11.0. The van der Waals surface area contributed by atoms with Crippen LogP contribution in [0.3, 0.4) is 0 Å². The highest BCUT2D eigenvalue weighted by molar-refractivity contribution is 6.32. The minimum Gasteiger partial charge on any atom is -0.496 e. The second kappa shape index (κ2) is 6.59. The molecule has 0 fully saturated rings. The number of hydrogen-bond acceptors (Lipinski definition) is 3. The van der Waals surface area contributed by atoms with Gasteiger partial charge in [-0.3, -0.25) is 0 Å². The van der Waals surface area contributed by atoms with Crippen molar-refractivity contribution in [2.75, 3.05) is 7.11 Å². The van der Waals surface area contributed by atoms with Crippen LogP contribution in [0.4, 0.5) is 4.39 Å². The number of benzene rings is 2. The van der Waals surface area contributed by atoms with Gasteiger partial charge in [0.1, 0.15) is 23.9 Å². The summed E-state index contributed by atoms with van der Waals surface area (Å²) in [4.78, 5) is 0. The first-order valence-electron chi connectivity index (χ1n) is 6.07. The lowest BCUT2D eigenvalue weighted by molar-refractivity contribution is 0.305. The monoisotopic (exact) mass is 295 g/mol. The zero-order valence-corrected chi connectivity index (χ0v) is 11.8. The van der Waals surface area contributed by atoms with Crippen molar-refractivity contribution in [3.63, 3.8) is 0 Å². The molecule has 0 saturated carbocycles. The van der Waals surface area contributed by atoms with Crippen LogP contribution in [0.2, 0.25) is 5.02 Å². The molecule has 20 heavy (non-hydrogen) atoms. The Hall–Kier alpha value is -1.78. The van der Waals surface area contributed by atoms with E-state index < -0.39 is 5.82 Å². The van der Waals surface area contributed by atoms with Crippen LogP contribution in [-0.2, 0) is 13.2 Å². The summed E-state index contributed by atoms with van der Waals surface area (Å²) in [5.41, 5.74) is 7.50. The molecule has 0 amide bonds. The largest absolute Gasteiger partial charge is 0.496 e. The molecular weight excluding hydrogens is 281 g/mol. The maximum absolute atomic E-state index is 12.9.